The van der Waals surface area contributed by atoms with E-state index in [1.54, 1.807) is 17.6 Å². The Morgan fingerprint density at radius 2 is 2.07 bits per heavy atom. The molecule has 0 bridgehead atoms. The number of hydrogen-bond donors (Lipinski definition) is 1. The zero-order valence-electron chi connectivity index (χ0n) is 16.7. The van der Waals surface area contributed by atoms with Crippen molar-refractivity contribution in [3.63, 3.8) is 0 Å². The number of hydrogen-bond acceptors (Lipinski definition) is 6. The van der Waals surface area contributed by atoms with Crippen LogP contribution in [0, 0.1) is 0 Å². The zero-order valence-corrected chi connectivity index (χ0v) is 17.6. The number of rotatable bonds is 5. The van der Waals surface area contributed by atoms with Gasteiger partial charge in [-0.15, -0.1) is 11.3 Å². The molecule has 8 heteroatoms. The minimum Gasteiger partial charge on any atom is -0.364 e. The van der Waals surface area contributed by atoms with Crippen LogP contribution in [0.1, 0.15) is 37.2 Å². The second-order valence-electron chi connectivity index (χ2n) is 7.85. The Balaban J connectivity index is 1.42. The summed E-state index contributed by atoms with van der Waals surface area (Å²) in [5.41, 5.74) is 2.28. The maximum atomic E-state index is 4.91. The molecule has 1 saturated heterocycles. The molecule has 0 radical (unpaired) electrons. The summed E-state index contributed by atoms with van der Waals surface area (Å²) in [6.07, 6.45) is 2.55. The molecule has 27 heavy (non-hydrogen) atoms. The molecule has 0 amide bonds. The van der Waals surface area contributed by atoms with E-state index in [1.165, 1.54) is 10.7 Å². The van der Waals surface area contributed by atoms with E-state index in [2.05, 4.69) is 51.4 Å². The van der Waals surface area contributed by atoms with E-state index in [-0.39, 0.29) is 5.41 Å². The summed E-state index contributed by atoms with van der Waals surface area (Å²) in [6, 6.07) is 1.93. The van der Waals surface area contributed by atoms with E-state index in [0.717, 1.165) is 57.3 Å². The SMILES string of the molecule is CN=C(NCCc1nc(C(C)(C)C)cs1)N1CCN(Cc2ccon2)CC1. The van der Waals surface area contributed by atoms with E-state index >= 15 is 0 Å². The van der Waals surface area contributed by atoms with Crippen LogP contribution in [0.2, 0.25) is 0 Å². The van der Waals surface area contributed by atoms with Crippen molar-refractivity contribution in [2.24, 2.45) is 4.99 Å². The number of guanidine groups is 1. The van der Waals surface area contributed by atoms with Gasteiger partial charge in [-0.05, 0) is 0 Å². The Kier molecular flexibility index (Phi) is 6.49. The van der Waals surface area contributed by atoms with Gasteiger partial charge in [0.25, 0.3) is 0 Å². The summed E-state index contributed by atoms with van der Waals surface area (Å²) in [7, 11) is 1.85. The van der Waals surface area contributed by atoms with Crippen molar-refractivity contribution < 1.29 is 4.52 Å². The average molecular weight is 391 g/mol. The fraction of sp³-hybridized carbons (Fsp3) is 0.632. The number of aromatic nitrogens is 2. The lowest BCUT2D eigenvalue weighted by Crippen LogP contribution is -2.52. The van der Waals surface area contributed by atoms with Crippen molar-refractivity contribution in [3.8, 4) is 0 Å². The molecule has 0 unspecified atom stereocenters. The van der Waals surface area contributed by atoms with Crippen molar-refractivity contribution in [1.29, 1.82) is 0 Å². The molecule has 2 aromatic rings. The van der Waals surface area contributed by atoms with Gasteiger partial charge in [0, 0.05) is 69.6 Å². The predicted molar refractivity (Wildman–Crippen MR) is 109 cm³/mol. The van der Waals surface area contributed by atoms with Crippen LogP contribution in [0.3, 0.4) is 0 Å². The molecule has 1 aliphatic heterocycles. The Morgan fingerprint density at radius 3 is 2.67 bits per heavy atom. The maximum absolute atomic E-state index is 4.91. The molecule has 3 heterocycles. The maximum Gasteiger partial charge on any atom is 0.193 e. The van der Waals surface area contributed by atoms with Crippen molar-refractivity contribution in [2.45, 2.75) is 39.2 Å². The highest BCUT2D eigenvalue weighted by atomic mass is 32.1. The molecule has 0 saturated carbocycles. The van der Waals surface area contributed by atoms with Crippen LogP contribution in [0.5, 0.6) is 0 Å². The van der Waals surface area contributed by atoms with Crippen molar-refractivity contribution in [2.75, 3.05) is 39.8 Å². The van der Waals surface area contributed by atoms with E-state index in [1.807, 2.05) is 13.1 Å². The van der Waals surface area contributed by atoms with Crippen LogP contribution in [-0.2, 0) is 18.4 Å². The van der Waals surface area contributed by atoms with E-state index in [0.29, 0.717) is 0 Å². The molecule has 0 atom stereocenters. The molecule has 2 aromatic heterocycles. The summed E-state index contributed by atoms with van der Waals surface area (Å²) in [6.45, 7) is 12.2. The fourth-order valence-electron chi connectivity index (χ4n) is 3.05. The molecular weight excluding hydrogens is 360 g/mol. The van der Waals surface area contributed by atoms with Gasteiger partial charge in [-0.1, -0.05) is 25.9 Å². The zero-order chi connectivity index (χ0) is 19.3. The highest BCUT2D eigenvalue weighted by Crippen LogP contribution is 2.23. The minimum absolute atomic E-state index is 0.115. The lowest BCUT2D eigenvalue weighted by Gasteiger charge is -2.36. The van der Waals surface area contributed by atoms with E-state index < -0.39 is 0 Å². The minimum atomic E-state index is 0.115. The number of aliphatic imine (C=N–C) groups is 1. The predicted octanol–water partition coefficient (Wildman–Crippen LogP) is 2.36. The van der Waals surface area contributed by atoms with Gasteiger partial charge in [0.15, 0.2) is 5.96 Å². The van der Waals surface area contributed by atoms with Crippen molar-refractivity contribution >= 4 is 17.3 Å². The van der Waals surface area contributed by atoms with Gasteiger partial charge in [0.2, 0.25) is 0 Å². The van der Waals surface area contributed by atoms with E-state index in [4.69, 9.17) is 9.51 Å². The standard InChI is InChI=1S/C19H30N6OS/c1-19(2,3)16-14-27-17(22-16)5-7-21-18(20-4)25-10-8-24(9-11-25)13-15-6-12-26-23-15/h6,12,14H,5,7-11,13H2,1-4H3,(H,20,21). The lowest BCUT2D eigenvalue weighted by molar-refractivity contribution is 0.169. The summed E-state index contributed by atoms with van der Waals surface area (Å²) >= 11 is 1.75. The molecule has 7 nitrogen and oxygen atoms in total. The summed E-state index contributed by atoms with van der Waals surface area (Å²) in [5, 5.41) is 10.8. The summed E-state index contributed by atoms with van der Waals surface area (Å²) in [4.78, 5) is 13.9. The van der Waals surface area contributed by atoms with Crippen LogP contribution < -0.4 is 5.32 Å². The number of nitrogens with one attached hydrogen (secondary N) is 1. The third-order valence-electron chi connectivity index (χ3n) is 4.70. The lowest BCUT2D eigenvalue weighted by atomic mass is 9.93. The van der Waals surface area contributed by atoms with Crippen LogP contribution in [0.15, 0.2) is 27.2 Å². The largest absolute Gasteiger partial charge is 0.364 e. The Hall–Kier alpha value is -1.93. The highest BCUT2D eigenvalue weighted by molar-refractivity contribution is 7.09. The quantitative estimate of drug-likeness (QED) is 0.624. The van der Waals surface area contributed by atoms with Crippen molar-refractivity contribution in [3.05, 3.63) is 34.1 Å². The van der Waals surface area contributed by atoms with Gasteiger partial charge in [-0.2, -0.15) is 0 Å². The Morgan fingerprint density at radius 1 is 1.30 bits per heavy atom. The molecule has 0 aromatic carbocycles. The highest BCUT2D eigenvalue weighted by Gasteiger charge is 2.20. The third-order valence-corrected chi connectivity index (χ3v) is 5.61. The molecule has 3 rings (SSSR count). The summed E-state index contributed by atoms with van der Waals surface area (Å²) in [5.74, 6) is 0.976. The number of nitrogens with zero attached hydrogens (tertiary/aromatic N) is 5. The number of piperazine rings is 1. The first kappa shape index (κ1) is 19.8. The first-order valence-corrected chi connectivity index (χ1v) is 10.4. The van der Waals surface area contributed by atoms with Crippen LogP contribution in [-0.4, -0.2) is 65.7 Å². The van der Waals surface area contributed by atoms with Crippen molar-refractivity contribution in [1.82, 2.24) is 25.3 Å². The van der Waals surface area contributed by atoms with Gasteiger partial charge in [0.1, 0.15) is 6.26 Å². The number of thiazole rings is 1. The molecular formula is C19H30N6OS. The second-order valence-corrected chi connectivity index (χ2v) is 8.80. The van der Waals surface area contributed by atoms with Crippen LogP contribution in [0.25, 0.3) is 0 Å². The van der Waals surface area contributed by atoms with Gasteiger partial charge in [-0.3, -0.25) is 9.89 Å². The van der Waals surface area contributed by atoms with Gasteiger partial charge in [0.05, 0.1) is 16.4 Å². The average Bonchev–Trinajstić information content (AvgIpc) is 3.31. The molecule has 148 valence electrons. The smallest absolute Gasteiger partial charge is 0.193 e. The monoisotopic (exact) mass is 390 g/mol. The molecule has 1 aliphatic rings. The Bertz CT molecular complexity index is 726. The second kappa shape index (κ2) is 8.84. The molecule has 0 aliphatic carbocycles. The molecule has 1 fully saturated rings. The Labute approximate surface area is 165 Å². The summed E-state index contributed by atoms with van der Waals surface area (Å²) < 4.78 is 4.91. The van der Waals surface area contributed by atoms with Gasteiger partial charge in [-0.25, -0.2) is 4.98 Å². The molecule has 0 spiro atoms. The van der Waals surface area contributed by atoms with E-state index in [9.17, 15) is 0 Å². The first-order chi connectivity index (χ1) is 13.0. The topological polar surface area (TPSA) is 69.8 Å². The van der Waals surface area contributed by atoms with Crippen LogP contribution >= 0.6 is 11.3 Å². The third kappa shape index (κ3) is 5.52. The van der Waals surface area contributed by atoms with Crippen LogP contribution in [0.4, 0.5) is 0 Å². The fourth-order valence-corrected chi connectivity index (χ4v) is 4.07. The first-order valence-electron chi connectivity index (χ1n) is 9.48. The van der Waals surface area contributed by atoms with Gasteiger partial charge >= 0.3 is 0 Å². The molecule has 1 N–H and O–H groups in total. The van der Waals surface area contributed by atoms with Gasteiger partial charge < -0.3 is 14.7 Å². The normalized spacial score (nSPS) is 16.7.